The molecule has 4 heteroatoms. The van der Waals surface area contributed by atoms with E-state index in [0.29, 0.717) is 25.0 Å². The van der Waals surface area contributed by atoms with E-state index in [-0.39, 0.29) is 5.97 Å². The molecule has 0 fully saturated rings. The second-order valence-electron chi connectivity index (χ2n) is 4.87. The van der Waals surface area contributed by atoms with E-state index in [9.17, 15) is 9.59 Å². The second-order valence-corrected chi connectivity index (χ2v) is 4.87. The second kappa shape index (κ2) is 9.16. The lowest BCUT2D eigenvalue weighted by Crippen LogP contribution is -2.33. The van der Waals surface area contributed by atoms with Gasteiger partial charge in [0.1, 0.15) is 6.10 Å². The van der Waals surface area contributed by atoms with Crippen molar-refractivity contribution in [1.82, 2.24) is 0 Å². The first-order chi connectivity index (χ1) is 10.1. The number of benzene rings is 1. The third kappa shape index (κ3) is 5.21. The number of carbonyl (C=O) groups is 2. The van der Waals surface area contributed by atoms with E-state index in [0.717, 1.165) is 6.42 Å². The summed E-state index contributed by atoms with van der Waals surface area (Å²) in [6.45, 7) is 6.01. The largest absolute Gasteiger partial charge is 0.466 e. The van der Waals surface area contributed by atoms with Crippen molar-refractivity contribution in [3.8, 4) is 0 Å². The van der Waals surface area contributed by atoms with Crippen molar-refractivity contribution in [3.63, 3.8) is 0 Å². The van der Waals surface area contributed by atoms with Crippen LogP contribution in [0.3, 0.4) is 0 Å². The quantitative estimate of drug-likeness (QED) is 0.687. The van der Waals surface area contributed by atoms with Gasteiger partial charge in [-0.15, -0.1) is 0 Å². The van der Waals surface area contributed by atoms with Gasteiger partial charge in [-0.2, -0.15) is 0 Å². The van der Waals surface area contributed by atoms with Crippen LogP contribution in [-0.2, 0) is 14.3 Å². The molecule has 0 bridgehead atoms. The van der Waals surface area contributed by atoms with Crippen molar-refractivity contribution in [1.29, 1.82) is 0 Å². The highest BCUT2D eigenvalue weighted by Gasteiger charge is 2.30. The molecule has 0 saturated heterocycles. The fraction of sp³-hybridized carbons (Fsp3) is 0.529. The van der Waals surface area contributed by atoms with Crippen LogP contribution in [0.2, 0.25) is 0 Å². The molecule has 1 aromatic rings. The molecule has 4 nitrogen and oxygen atoms in total. The van der Waals surface area contributed by atoms with Gasteiger partial charge in [-0.1, -0.05) is 38.5 Å². The highest BCUT2D eigenvalue weighted by atomic mass is 16.6. The molecule has 0 saturated carbocycles. The van der Waals surface area contributed by atoms with Crippen molar-refractivity contribution >= 4 is 11.9 Å². The van der Waals surface area contributed by atoms with Crippen LogP contribution in [0.4, 0.5) is 0 Å². The molecule has 0 aliphatic rings. The SMILES string of the molecule is CCCC(OC(=O)c1ccccc1)C(CC)C(=O)OCC. The van der Waals surface area contributed by atoms with Crippen molar-refractivity contribution in [3.05, 3.63) is 35.9 Å². The van der Waals surface area contributed by atoms with Gasteiger partial charge in [0.2, 0.25) is 0 Å². The zero-order valence-electron chi connectivity index (χ0n) is 13.0. The van der Waals surface area contributed by atoms with E-state index >= 15 is 0 Å². The average Bonchev–Trinajstić information content (AvgIpc) is 2.49. The maximum absolute atomic E-state index is 12.2. The van der Waals surface area contributed by atoms with Gasteiger partial charge in [-0.3, -0.25) is 4.79 Å². The fourth-order valence-corrected chi connectivity index (χ4v) is 2.24. The molecule has 0 aliphatic heterocycles. The smallest absolute Gasteiger partial charge is 0.338 e. The van der Waals surface area contributed by atoms with Crippen molar-refractivity contribution in [2.45, 2.75) is 46.1 Å². The zero-order valence-corrected chi connectivity index (χ0v) is 13.0. The average molecular weight is 292 g/mol. The monoisotopic (exact) mass is 292 g/mol. The molecule has 0 amide bonds. The van der Waals surface area contributed by atoms with Crippen LogP contribution >= 0.6 is 0 Å². The molecule has 0 aliphatic carbocycles. The Morgan fingerprint density at radius 2 is 1.76 bits per heavy atom. The molecule has 116 valence electrons. The molecule has 2 unspecified atom stereocenters. The van der Waals surface area contributed by atoms with Crippen LogP contribution in [0, 0.1) is 5.92 Å². The van der Waals surface area contributed by atoms with E-state index < -0.39 is 18.0 Å². The molecule has 0 radical (unpaired) electrons. The Labute approximate surface area is 126 Å². The van der Waals surface area contributed by atoms with E-state index in [1.165, 1.54) is 0 Å². The minimum atomic E-state index is -0.438. The molecule has 21 heavy (non-hydrogen) atoms. The van der Waals surface area contributed by atoms with E-state index in [2.05, 4.69) is 0 Å². The predicted molar refractivity (Wildman–Crippen MR) is 81.0 cm³/mol. The number of hydrogen-bond donors (Lipinski definition) is 0. The maximum Gasteiger partial charge on any atom is 0.338 e. The van der Waals surface area contributed by atoms with Gasteiger partial charge in [0.15, 0.2) is 0 Å². The normalized spacial score (nSPS) is 13.3. The van der Waals surface area contributed by atoms with Gasteiger partial charge >= 0.3 is 11.9 Å². The lowest BCUT2D eigenvalue weighted by Gasteiger charge is -2.24. The van der Waals surface area contributed by atoms with Crippen LogP contribution in [0.15, 0.2) is 30.3 Å². The number of rotatable bonds is 8. The molecule has 1 rings (SSSR count). The van der Waals surface area contributed by atoms with Gasteiger partial charge < -0.3 is 9.47 Å². The fourth-order valence-electron chi connectivity index (χ4n) is 2.24. The molecular formula is C17H24O4. The van der Waals surface area contributed by atoms with Gasteiger partial charge in [0.05, 0.1) is 18.1 Å². The maximum atomic E-state index is 12.2. The summed E-state index contributed by atoms with van der Waals surface area (Å²) in [4.78, 5) is 24.2. The topological polar surface area (TPSA) is 52.6 Å². The number of carbonyl (C=O) groups excluding carboxylic acids is 2. The van der Waals surface area contributed by atoms with Gasteiger partial charge in [0, 0.05) is 0 Å². The molecule has 0 aromatic heterocycles. The van der Waals surface area contributed by atoms with Crippen LogP contribution in [0.25, 0.3) is 0 Å². The first-order valence-corrected chi connectivity index (χ1v) is 7.56. The van der Waals surface area contributed by atoms with E-state index in [1.54, 1.807) is 31.2 Å². The standard InChI is InChI=1S/C17H24O4/c1-4-10-15(14(5-2)17(19)20-6-3)21-16(18)13-11-8-7-9-12-13/h7-9,11-12,14-15H,4-6,10H2,1-3H3. The lowest BCUT2D eigenvalue weighted by molar-refractivity contribution is -0.152. The molecule has 0 spiro atoms. The van der Waals surface area contributed by atoms with Crippen LogP contribution in [0.5, 0.6) is 0 Å². The summed E-state index contributed by atoms with van der Waals surface area (Å²) < 4.78 is 10.6. The highest BCUT2D eigenvalue weighted by Crippen LogP contribution is 2.20. The molecule has 0 heterocycles. The number of esters is 2. The Bertz CT molecular complexity index is 441. The third-order valence-corrected chi connectivity index (χ3v) is 3.32. The Hall–Kier alpha value is -1.84. The Kier molecular flexibility index (Phi) is 7.51. The summed E-state index contributed by atoms with van der Waals surface area (Å²) in [5, 5.41) is 0. The molecule has 2 atom stereocenters. The Morgan fingerprint density at radius 3 is 2.29 bits per heavy atom. The minimum absolute atomic E-state index is 0.292. The summed E-state index contributed by atoms with van der Waals surface area (Å²) >= 11 is 0. The minimum Gasteiger partial charge on any atom is -0.466 e. The lowest BCUT2D eigenvalue weighted by atomic mass is 9.95. The predicted octanol–water partition coefficient (Wildman–Crippen LogP) is 3.60. The van der Waals surface area contributed by atoms with Crippen LogP contribution < -0.4 is 0 Å². The van der Waals surface area contributed by atoms with Crippen LogP contribution in [0.1, 0.15) is 50.4 Å². The first-order valence-electron chi connectivity index (χ1n) is 7.56. The van der Waals surface area contributed by atoms with Crippen molar-refractivity contribution < 1.29 is 19.1 Å². The Morgan fingerprint density at radius 1 is 1.10 bits per heavy atom. The highest BCUT2D eigenvalue weighted by molar-refractivity contribution is 5.89. The summed E-state index contributed by atoms with van der Waals surface area (Å²) in [5.74, 6) is -1.09. The molecular weight excluding hydrogens is 268 g/mol. The molecule has 0 N–H and O–H groups in total. The number of ether oxygens (including phenoxy) is 2. The first kappa shape index (κ1) is 17.2. The van der Waals surface area contributed by atoms with E-state index in [1.807, 2.05) is 19.9 Å². The summed E-state index contributed by atoms with van der Waals surface area (Å²) in [7, 11) is 0. The number of hydrogen-bond acceptors (Lipinski definition) is 4. The van der Waals surface area contributed by atoms with Gasteiger partial charge in [-0.05, 0) is 31.9 Å². The van der Waals surface area contributed by atoms with E-state index in [4.69, 9.17) is 9.47 Å². The molecule has 1 aromatic carbocycles. The zero-order chi connectivity index (χ0) is 15.7. The van der Waals surface area contributed by atoms with Crippen LogP contribution in [-0.4, -0.2) is 24.6 Å². The summed E-state index contributed by atoms with van der Waals surface area (Å²) in [5.41, 5.74) is 0.498. The van der Waals surface area contributed by atoms with Gasteiger partial charge in [0.25, 0.3) is 0 Å². The van der Waals surface area contributed by atoms with Crippen molar-refractivity contribution in [2.24, 2.45) is 5.92 Å². The summed E-state index contributed by atoms with van der Waals surface area (Å²) in [6.07, 6.45) is 1.64. The third-order valence-electron chi connectivity index (χ3n) is 3.32. The van der Waals surface area contributed by atoms with Crippen molar-refractivity contribution in [2.75, 3.05) is 6.61 Å². The summed E-state index contributed by atoms with van der Waals surface area (Å²) in [6, 6.07) is 8.82. The van der Waals surface area contributed by atoms with Gasteiger partial charge in [-0.25, -0.2) is 4.79 Å². The Balaban J connectivity index is 2.80.